The molecule has 10 heteroatoms. The number of hydrogen-bond acceptors (Lipinski definition) is 5. The normalized spacial score (nSPS) is 11.7. The lowest BCUT2D eigenvalue weighted by molar-refractivity contribution is -0.150. The maximum Gasteiger partial charge on any atom is 0.387 e. The molecule has 0 aliphatic carbocycles. The van der Waals surface area contributed by atoms with Crippen LogP contribution in [0.3, 0.4) is 0 Å². The van der Waals surface area contributed by atoms with Crippen molar-refractivity contribution in [2.24, 2.45) is 5.92 Å². The standard InChI is InChI=1S/C21H21ClF2N2O5/c1-12(2)18(26-19(28)15-5-3-4-6-16(15)22)20(29)30-11-17(27)25-13-7-9-14(10-8-13)31-21(23)24/h3-10,12,18,21H,11H2,1-2H3,(H,25,27)(H,26,28). The van der Waals surface area contributed by atoms with Gasteiger partial charge in [0.1, 0.15) is 11.8 Å². The van der Waals surface area contributed by atoms with E-state index in [1.54, 1.807) is 32.0 Å². The summed E-state index contributed by atoms with van der Waals surface area (Å²) in [7, 11) is 0. The third-order valence-electron chi connectivity index (χ3n) is 4.03. The van der Waals surface area contributed by atoms with Gasteiger partial charge in [0.15, 0.2) is 6.61 Å². The number of amides is 2. The molecule has 2 rings (SSSR count). The highest BCUT2D eigenvalue weighted by Gasteiger charge is 2.27. The summed E-state index contributed by atoms with van der Waals surface area (Å²) in [5, 5.41) is 5.26. The number of esters is 1. The smallest absolute Gasteiger partial charge is 0.387 e. The third-order valence-corrected chi connectivity index (χ3v) is 4.36. The van der Waals surface area contributed by atoms with Gasteiger partial charge >= 0.3 is 12.6 Å². The van der Waals surface area contributed by atoms with Crippen molar-refractivity contribution in [2.45, 2.75) is 26.5 Å². The average molecular weight is 455 g/mol. The van der Waals surface area contributed by atoms with Crippen molar-refractivity contribution in [3.8, 4) is 5.75 Å². The first kappa shape index (κ1) is 24.1. The molecule has 0 radical (unpaired) electrons. The van der Waals surface area contributed by atoms with Gasteiger partial charge < -0.3 is 20.1 Å². The SMILES string of the molecule is CC(C)C(NC(=O)c1ccccc1Cl)C(=O)OCC(=O)Nc1ccc(OC(F)F)cc1. The molecule has 7 nitrogen and oxygen atoms in total. The highest BCUT2D eigenvalue weighted by atomic mass is 35.5. The van der Waals surface area contributed by atoms with Crippen LogP contribution in [0.15, 0.2) is 48.5 Å². The fraction of sp³-hybridized carbons (Fsp3) is 0.286. The first-order chi connectivity index (χ1) is 14.7. The number of rotatable bonds is 9. The Bertz CT molecular complexity index is 922. The molecule has 1 unspecified atom stereocenters. The number of anilines is 1. The molecule has 0 heterocycles. The van der Waals surface area contributed by atoms with Crippen LogP contribution in [0.1, 0.15) is 24.2 Å². The zero-order valence-electron chi connectivity index (χ0n) is 16.7. The zero-order valence-corrected chi connectivity index (χ0v) is 17.5. The molecule has 2 aromatic carbocycles. The quantitative estimate of drug-likeness (QED) is 0.561. The predicted molar refractivity (Wildman–Crippen MR) is 110 cm³/mol. The number of carbonyl (C=O) groups excluding carboxylic acids is 3. The molecular weight excluding hydrogens is 434 g/mol. The number of halogens is 3. The lowest BCUT2D eigenvalue weighted by Gasteiger charge is -2.21. The molecule has 31 heavy (non-hydrogen) atoms. The molecule has 0 bridgehead atoms. The Hall–Kier alpha value is -3.20. The van der Waals surface area contributed by atoms with Crippen molar-refractivity contribution < 1.29 is 32.6 Å². The van der Waals surface area contributed by atoms with Crippen LogP contribution in [-0.2, 0) is 14.3 Å². The first-order valence-corrected chi connectivity index (χ1v) is 9.62. The van der Waals surface area contributed by atoms with Gasteiger partial charge in [0.2, 0.25) is 0 Å². The third kappa shape index (κ3) is 7.53. The van der Waals surface area contributed by atoms with Gasteiger partial charge in [0, 0.05) is 5.69 Å². The highest BCUT2D eigenvalue weighted by molar-refractivity contribution is 6.33. The van der Waals surface area contributed by atoms with E-state index in [0.717, 1.165) is 0 Å². The fourth-order valence-electron chi connectivity index (χ4n) is 2.51. The molecule has 0 saturated carbocycles. The van der Waals surface area contributed by atoms with E-state index in [2.05, 4.69) is 15.4 Å². The van der Waals surface area contributed by atoms with Gasteiger partial charge in [-0.15, -0.1) is 0 Å². The van der Waals surface area contributed by atoms with Crippen molar-refractivity contribution in [2.75, 3.05) is 11.9 Å². The van der Waals surface area contributed by atoms with Crippen molar-refractivity contribution in [3.63, 3.8) is 0 Å². The molecule has 0 aromatic heterocycles. The topological polar surface area (TPSA) is 93.7 Å². The van der Waals surface area contributed by atoms with Gasteiger partial charge in [-0.1, -0.05) is 37.6 Å². The first-order valence-electron chi connectivity index (χ1n) is 9.24. The molecular formula is C21H21ClF2N2O5. The van der Waals surface area contributed by atoms with Gasteiger partial charge in [-0.25, -0.2) is 4.79 Å². The van der Waals surface area contributed by atoms with Crippen molar-refractivity contribution in [1.29, 1.82) is 0 Å². The van der Waals surface area contributed by atoms with Crippen LogP contribution >= 0.6 is 11.6 Å². The maximum atomic E-state index is 12.4. The number of carbonyl (C=O) groups is 3. The fourth-order valence-corrected chi connectivity index (χ4v) is 2.73. The molecule has 0 aliphatic heterocycles. The molecule has 0 aliphatic rings. The van der Waals surface area contributed by atoms with Gasteiger partial charge in [-0.2, -0.15) is 8.78 Å². The summed E-state index contributed by atoms with van der Waals surface area (Å²) in [6.45, 7) is -0.129. The highest BCUT2D eigenvalue weighted by Crippen LogP contribution is 2.18. The molecule has 2 aromatic rings. The maximum absolute atomic E-state index is 12.4. The monoisotopic (exact) mass is 454 g/mol. The Morgan fingerprint density at radius 2 is 1.68 bits per heavy atom. The zero-order chi connectivity index (χ0) is 23.0. The molecule has 166 valence electrons. The summed E-state index contributed by atoms with van der Waals surface area (Å²) in [5.74, 6) is -2.35. The minimum atomic E-state index is -2.95. The van der Waals surface area contributed by atoms with Crippen LogP contribution in [0.4, 0.5) is 14.5 Å². The van der Waals surface area contributed by atoms with Crippen LogP contribution in [-0.4, -0.2) is 37.0 Å². The van der Waals surface area contributed by atoms with Crippen molar-refractivity contribution in [1.82, 2.24) is 5.32 Å². The predicted octanol–water partition coefficient (Wildman–Crippen LogP) is 3.88. The summed E-state index contributed by atoms with van der Waals surface area (Å²) < 4.78 is 33.5. The Morgan fingerprint density at radius 1 is 1.03 bits per heavy atom. The molecule has 0 saturated heterocycles. The summed E-state index contributed by atoms with van der Waals surface area (Å²) in [6, 6.07) is 10.6. The number of nitrogens with one attached hydrogen (secondary N) is 2. The van der Waals surface area contributed by atoms with Crippen LogP contribution in [0.5, 0.6) is 5.75 Å². The number of benzene rings is 2. The number of ether oxygens (including phenoxy) is 2. The Labute approximate surface area is 182 Å². The lowest BCUT2D eigenvalue weighted by atomic mass is 10.0. The van der Waals surface area contributed by atoms with Crippen LogP contribution in [0, 0.1) is 5.92 Å². The van der Waals surface area contributed by atoms with E-state index in [1.165, 1.54) is 30.3 Å². The van der Waals surface area contributed by atoms with Gasteiger partial charge in [0.05, 0.1) is 10.6 Å². The Kier molecular flexibility index (Phi) is 8.75. The van der Waals surface area contributed by atoms with Crippen molar-refractivity contribution in [3.05, 3.63) is 59.1 Å². The Balaban J connectivity index is 1.90. The van der Waals surface area contributed by atoms with Crippen LogP contribution < -0.4 is 15.4 Å². The molecule has 0 fully saturated rings. The second-order valence-corrected chi connectivity index (χ2v) is 7.14. The summed E-state index contributed by atoms with van der Waals surface area (Å²) in [6.07, 6.45) is 0. The van der Waals surface area contributed by atoms with Gasteiger partial charge in [-0.3, -0.25) is 9.59 Å². The number of alkyl halides is 2. The average Bonchev–Trinajstić information content (AvgIpc) is 2.71. The minimum absolute atomic E-state index is 0.0616. The second kappa shape index (κ2) is 11.3. The van der Waals surface area contributed by atoms with Gasteiger partial charge in [0.25, 0.3) is 11.8 Å². The van der Waals surface area contributed by atoms with E-state index in [4.69, 9.17) is 16.3 Å². The molecule has 1 atom stereocenters. The molecule has 0 spiro atoms. The van der Waals surface area contributed by atoms with E-state index in [9.17, 15) is 23.2 Å². The molecule has 2 amide bonds. The largest absolute Gasteiger partial charge is 0.454 e. The van der Waals surface area contributed by atoms with Crippen LogP contribution in [0.25, 0.3) is 0 Å². The number of hydrogen-bond donors (Lipinski definition) is 2. The van der Waals surface area contributed by atoms with E-state index >= 15 is 0 Å². The van der Waals surface area contributed by atoms with Gasteiger partial charge in [-0.05, 0) is 42.3 Å². The lowest BCUT2D eigenvalue weighted by Crippen LogP contribution is -2.46. The van der Waals surface area contributed by atoms with E-state index in [-0.39, 0.29) is 22.3 Å². The summed E-state index contributed by atoms with van der Waals surface area (Å²) >= 11 is 6.00. The van der Waals surface area contributed by atoms with E-state index in [1.807, 2.05) is 0 Å². The minimum Gasteiger partial charge on any atom is -0.454 e. The molecule has 2 N–H and O–H groups in total. The second-order valence-electron chi connectivity index (χ2n) is 6.73. The summed E-state index contributed by atoms with van der Waals surface area (Å²) in [4.78, 5) is 36.8. The summed E-state index contributed by atoms with van der Waals surface area (Å²) in [5.41, 5.74) is 0.509. The van der Waals surface area contributed by atoms with E-state index < -0.39 is 37.0 Å². The van der Waals surface area contributed by atoms with Crippen LogP contribution in [0.2, 0.25) is 5.02 Å². The Morgan fingerprint density at radius 3 is 2.26 bits per heavy atom. The van der Waals surface area contributed by atoms with E-state index in [0.29, 0.717) is 5.69 Å². The van der Waals surface area contributed by atoms with Crippen molar-refractivity contribution >= 4 is 35.1 Å².